The maximum Gasteiger partial charge on any atom is 0.222 e. The molecule has 0 spiro atoms. The van der Waals surface area contributed by atoms with Crippen LogP contribution in [0.1, 0.15) is 90.9 Å². The fraction of sp³-hybridized carbons (Fsp3) is 0.875. The molecule has 0 aromatic carbocycles. The second kappa shape index (κ2) is 10.8. The van der Waals surface area contributed by atoms with E-state index in [1.165, 1.54) is 18.4 Å². The summed E-state index contributed by atoms with van der Waals surface area (Å²) in [5, 5.41) is 21.2. The van der Waals surface area contributed by atoms with Crippen LogP contribution in [0, 0.1) is 17.8 Å². The highest BCUT2D eigenvalue weighted by molar-refractivity contribution is 5.75. The van der Waals surface area contributed by atoms with Crippen LogP contribution in [0.5, 0.6) is 0 Å². The first-order valence-corrected chi connectivity index (χ1v) is 11.5. The molecule has 2 aliphatic rings. The number of rotatable bonds is 12. The minimum Gasteiger partial charge on any atom is -0.393 e. The van der Waals surface area contributed by atoms with Gasteiger partial charge >= 0.3 is 0 Å². The van der Waals surface area contributed by atoms with Crippen molar-refractivity contribution in [2.45, 2.75) is 103 Å². The molecule has 4 nitrogen and oxygen atoms in total. The molecule has 0 heterocycles. The predicted molar refractivity (Wildman–Crippen MR) is 115 cm³/mol. The summed E-state index contributed by atoms with van der Waals surface area (Å²) in [6, 6.07) is 0. The Morgan fingerprint density at radius 2 is 1.96 bits per heavy atom. The van der Waals surface area contributed by atoms with Gasteiger partial charge in [0.2, 0.25) is 5.91 Å². The highest BCUT2D eigenvalue weighted by Crippen LogP contribution is 2.49. The van der Waals surface area contributed by atoms with Gasteiger partial charge in [-0.2, -0.15) is 0 Å². The van der Waals surface area contributed by atoms with Crippen LogP contribution in [0.4, 0.5) is 0 Å². The number of aliphatic hydroxyl groups excluding tert-OH is 1. The average Bonchev–Trinajstić information content (AvgIpc) is 3.13. The van der Waals surface area contributed by atoms with Gasteiger partial charge in [0.05, 0.1) is 11.7 Å². The summed E-state index contributed by atoms with van der Waals surface area (Å²) >= 11 is 0. The molecule has 162 valence electrons. The Hall–Kier alpha value is -0.870. The van der Waals surface area contributed by atoms with E-state index in [2.05, 4.69) is 13.0 Å². The minimum atomic E-state index is -0.596. The number of carbonyl (C=O) groups excluding carboxylic acids is 1. The lowest BCUT2D eigenvalue weighted by Gasteiger charge is -2.28. The van der Waals surface area contributed by atoms with E-state index in [1.807, 2.05) is 21.0 Å². The number of hydrogen-bond acceptors (Lipinski definition) is 3. The Balaban J connectivity index is 1.75. The Labute approximate surface area is 172 Å². The van der Waals surface area contributed by atoms with Gasteiger partial charge in [0.25, 0.3) is 0 Å². The number of nitrogens with zero attached hydrogens (tertiary/aromatic N) is 1. The van der Waals surface area contributed by atoms with Gasteiger partial charge in [-0.1, -0.05) is 37.8 Å². The second-order valence-electron chi connectivity index (χ2n) is 9.81. The van der Waals surface area contributed by atoms with Crippen molar-refractivity contribution in [3.05, 3.63) is 11.6 Å². The molecule has 2 aliphatic carbocycles. The fourth-order valence-electron chi connectivity index (χ4n) is 5.20. The minimum absolute atomic E-state index is 0.211. The lowest BCUT2D eigenvalue weighted by atomic mass is 9.82. The summed E-state index contributed by atoms with van der Waals surface area (Å²) in [5.41, 5.74) is 0.930. The van der Waals surface area contributed by atoms with Gasteiger partial charge in [-0.05, 0) is 76.0 Å². The molecule has 2 N–H and O–H groups in total. The van der Waals surface area contributed by atoms with Gasteiger partial charge in [0.1, 0.15) is 0 Å². The number of aliphatic hydroxyl groups is 2. The highest BCUT2D eigenvalue weighted by atomic mass is 16.3. The lowest BCUT2D eigenvalue weighted by molar-refractivity contribution is -0.128. The molecule has 1 fully saturated rings. The second-order valence-corrected chi connectivity index (χ2v) is 9.81. The molecule has 5 atom stereocenters. The van der Waals surface area contributed by atoms with E-state index < -0.39 is 5.60 Å². The molecule has 0 aromatic heterocycles. The lowest BCUT2D eigenvalue weighted by Crippen LogP contribution is -2.28. The molecule has 4 heteroatoms. The number of amides is 1. The Kier molecular flexibility index (Phi) is 9.01. The van der Waals surface area contributed by atoms with Crippen LogP contribution < -0.4 is 0 Å². The molecule has 0 radical (unpaired) electrons. The Morgan fingerprint density at radius 3 is 2.64 bits per heavy atom. The first-order chi connectivity index (χ1) is 13.2. The molecule has 0 bridgehead atoms. The topological polar surface area (TPSA) is 60.8 Å². The van der Waals surface area contributed by atoms with E-state index in [-0.39, 0.29) is 12.0 Å². The van der Waals surface area contributed by atoms with Crippen molar-refractivity contribution in [3.8, 4) is 0 Å². The van der Waals surface area contributed by atoms with Crippen molar-refractivity contribution in [3.63, 3.8) is 0 Å². The quantitative estimate of drug-likeness (QED) is 0.373. The van der Waals surface area contributed by atoms with Crippen LogP contribution in [-0.4, -0.2) is 46.8 Å². The van der Waals surface area contributed by atoms with E-state index in [9.17, 15) is 15.0 Å². The van der Waals surface area contributed by atoms with Crippen molar-refractivity contribution < 1.29 is 15.0 Å². The summed E-state index contributed by atoms with van der Waals surface area (Å²) < 4.78 is 0. The zero-order valence-corrected chi connectivity index (χ0v) is 18.6. The van der Waals surface area contributed by atoms with Crippen molar-refractivity contribution in [2.75, 3.05) is 14.1 Å². The molecule has 1 amide bonds. The van der Waals surface area contributed by atoms with Crippen LogP contribution in [-0.2, 0) is 4.79 Å². The fourth-order valence-corrected chi connectivity index (χ4v) is 5.20. The van der Waals surface area contributed by atoms with Crippen LogP contribution in [0.3, 0.4) is 0 Å². The predicted octanol–water partition coefficient (Wildman–Crippen LogP) is 4.69. The average molecular weight is 394 g/mol. The van der Waals surface area contributed by atoms with Crippen molar-refractivity contribution in [2.24, 2.45) is 17.8 Å². The molecule has 28 heavy (non-hydrogen) atoms. The monoisotopic (exact) mass is 393 g/mol. The first-order valence-electron chi connectivity index (χ1n) is 11.5. The molecule has 0 aliphatic heterocycles. The smallest absolute Gasteiger partial charge is 0.222 e. The van der Waals surface area contributed by atoms with Crippen LogP contribution in [0.15, 0.2) is 11.6 Å². The third-order valence-corrected chi connectivity index (χ3v) is 7.03. The zero-order chi connectivity index (χ0) is 20.7. The van der Waals surface area contributed by atoms with Gasteiger partial charge in [-0.3, -0.25) is 4.79 Å². The van der Waals surface area contributed by atoms with Crippen molar-refractivity contribution >= 4 is 5.91 Å². The molecular formula is C24H43NO3. The van der Waals surface area contributed by atoms with E-state index >= 15 is 0 Å². The Morgan fingerprint density at radius 1 is 1.21 bits per heavy atom. The maximum absolute atomic E-state index is 11.7. The maximum atomic E-state index is 11.7. The molecule has 0 saturated heterocycles. The molecule has 0 unspecified atom stereocenters. The number of allylic oxidation sites excluding steroid dienone is 2. The third-order valence-electron chi connectivity index (χ3n) is 7.03. The zero-order valence-electron chi connectivity index (χ0n) is 18.6. The summed E-state index contributed by atoms with van der Waals surface area (Å²) in [5.74, 6) is 1.61. The highest BCUT2D eigenvalue weighted by Gasteiger charge is 2.44. The first kappa shape index (κ1) is 23.4. The normalized spacial score (nSPS) is 28.7. The molecule has 2 rings (SSSR count). The number of hydrogen-bond donors (Lipinski definition) is 2. The van der Waals surface area contributed by atoms with Gasteiger partial charge in [-0.25, -0.2) is 0 Å². The third kappa shape index (κ3) is 6.88. The summed E-state index contributed by atoms with van der Waals surface area (Å²) in [7, 11) is 3.63. The largest absolute Gasteiger partial charge is 0.393 e. The van der Waals surface area contributed by atoms with Gasteiger partial charge in [0, 0.05) is 20.5 Å². The molecular weight excluding hydrogens is 350 g/mol. The van der Waals surface area contributed by atoms with E-state index in [1.54, 1.807) is 4.90 Å². The summed E-state index contributed by atoms with van der Waals surface area (Å²) in [6.45, 7) is 4.16. The van der Waals surface area contributed by atoms with Gasteiger partial charge in [-0.15, -0.1) is 0 Å². The standard InChI is InChI=1S/C24H43NO3/c1-5-6-9-13-24(2,28)14-12-20-21-16-18(15-19(21)17-22(20)26)10-7-8-11-23(27)25(3)4/h15,19-22,26,28H,5-14,16-17H2,1-4H3/t19-,20+,21-,22+,24-/m0/s1. The van der Waals surface area contributed by atoms with E-state index in [4.69, 9.17) is 0 Å². The van der Waals surface area contributed by atoms with E-state index in [0.717, 1.165) is 57.8 Å². The SMILES string of the molecule is CCCCC[C@](C)(O)CC[C@@H]1[C@H]2CC(CCCCC(=O)N(C)C)=C[C@H]2C[C@H]1O. The summed E-state index contributed by atoms with van der Waals surface area (Å²) in [6.07, 6.45) is 14.0. The number of unbranched alkanes of at least 4 members (excludes halogenated alkanes) is 3. The van der Waals surface area contributed by atoms with Gasteiger partial charge < -0.3 is 15.1 Å². The van der Waals surface area contributed by atoms with Crippen LogP contribution in [0.25, 0.3) is 0 Å². The Bertz CT molecular complexity index is 526. The summed E-state index contributed by atoms with van der Waals surface area (Å²) in [4.78, 5) is 13.3. The van der Waals surface area contributed by atoms with E-state index in [0.29, 0.717) is 24.2 Å². The molecule has 1 saturated carbocycles. The van der Waals surface area contributed by atoms with Crippen LogP contribution in [0.2, 0.25) is 0 Å². The number of carbonyl (C=O) groups is 1. The van der Waals surface area contributed by atoms with Gasteiger partial charge in [0.15, 0.2) is 0 Å². The molecule has 0 aromatic rings. The van der Waals surface area contributed by atoms with Crippen molar-refractivity contribution in [1.29, 1.82) is 0 Å². The number of fused-ring (bicyclic) bond motifs is 1. The van der Waals surface area contributed by atoms with Crippen LogP contribution >= 0.6 is 0 Å². The van der Waals surface area contributed by atoms with Crippen molar-refractivity contribution in [1.82, 2.24) is 4.90 Å².